The van der Waals surface area contributed by atoms with Gasteiger partial charge in [0.25, 0.3) is 23.6 Å². The minimum atomic E-state index is -4.27. The maximum absolute atomic E-state index is 13.1. The molecule has 18 heteroatoms. The number of carbonyl (C=O) groups is 4. The van der Waals surface area contributed by atoms with Gasteiger partial charge in [-0.15, -0.1) is 0 Å². The quantitative estimate of drug-likeness (QED) is 0.0602. The minimum Gasteiger partial charge on any atom is -0.744 e. The lowest BCUT2D eigenvalue weighted by Crippen LogP contribution is -2.33. The van der Waals surface area contributed by atoms with Gasteiger partial charge in [0.2, 0.25) is 0 Å². The maximum atomic E-state index is 13.1. The molecule has 71 heavy (non-hydrogen) atoms. The van der Waals surface area contributed by atoms with E-state index in [-0.39, 0.29) is 33.4 Å². The zero-order valence-electron chi connectivity index (χ0n) is 39.7. The van der Waals surface area contributed by atoms with Crippen molar-refractivity contribution in [3.05, 3.63) is 203 Å². The van der Waals surface area contributed by atoms with E-state index in [1.54, 1.807) is 97.9 Å². The maximum Gasteiger partial charge on any atom is 0.255 e. The number of nitrogens with zero attached hydrogens (tertiary/aromatic N) is 2. The van der Waals surface area contributed by atoms with Crippen LogP contribution in [0.4, 0.5) is 22.7 Å². The predicted molar refractivity (Wildman–Crippen MR) is 268 cm³/mol. The number of aromatic nitrogens is 2. The zero-order chi connectivity index (χ0) is 51.7. The molecule has 0 fully saturated rings. The number of pyridine rings is 2. The van der Waals surface area contributed by atoms with E-state index in [1.807, 2.05) is 72.0 Å². The highest BCUT2D eigenvalue weighted by molar-refractivity contribution is 7.86. The molecule has 16 nitrogen and oxygen atoms in total. The van der Waals surface area contributed by atoms with E-state index in [0.717, 1.165) is 37.1 Å². The van der Waals surface area contributed by atoms with Crippen molar-refractivity contribution in [3.63, 3.8) is 0 Å². The third-order valence-electron chi connectivity index (χ3n) is 10.4. The van der Waals surface area contributed by atoms with E-state index in [9.17, 15) is 45.1 Å². The highest BCUT2D eigenvalue weighted by atomic mass is 32.2. The Labute approximate surface area is 413 Å². The van der Waals surface area contributed by atoms with Crippen molar-refractivity contribution in [3.8, 4) is 0 Å². The van der Waals surface area contributed by atoms with E-state index < -0.39 is 20.2 Å². The molecule has 4 N–H and O–H groups in total. The lowest BCUT2D eigenvalue weighted by molar-refractivity contribution is -0.696. The number of nitrogens with one attached hydrogen (secondary N) is 4. The van der Waals surface area contributed by atoms with Gasteiger partial charge < -0.3 is 30.4 Å². The van der Waals surface area contributed by atoms with Gasteiger partial charge in [0.05, 0.1) is 9.79 Å². The molecule has 0 atom stereocenters. The smallest absolute Gasteiger partial charge is 0.255 e. The van der Waals surface area contributed by atoms with E-state index in [4.69, 9.17) is 0 Å². The summed E-state index contributed by atoms with van der Waals surface area (Å²) < 4.78 is 66.4. The van der Waals surface area contributed by atoms with Crippen LogP contribution >= 0.6 is 0 Å². The first kappa shape index (κ1) is 54.0. The molecule has 2 aromatic heterocycles. The van der Waals surface area contributed by atoms with Gasteiger partial charge in [0, 0.05) is 58.6 Å². The number of amides is 4. The standard InChI is InChI=1S/C39H38N6O4.2C7H8O3S/c1-4-20-44-22-6-8-33(25-44)42-36(46)28-10-15-31(16-11-28)40-38(48)30-14-19-35(27(3)24-30)39(49)41-32-17-12-29(13-18-32)37(47)43-34-9-7-23-45(26-34)21-5-2;2*1-6-2-4-7(5-3-6)11(8,9)10/h6-19,22-26H,4-5,20-21H2,1-3H3,(H2-2,40,41,42,43,46,47,48,49);2*2-5H,1H3,(H,8,9,10). The fourth-order valence-corrected chi connectivity index (χ4v) is 7.61. The molecule has 5 aromatic carbocycles. The van der Waals surface area contributed by atoms with Gasteiger partial charge in [-0.1, -0.05) is 49.2 Å². The molecule has 0 radical (unpaired) electrons. The average molecular weight is 999 g/mol. The van der Waals surface area contributed by atoms with Crippen LogP contribution in [0.1, 0.15) is 84.8 Å². The summed E-state index contributed by atoms with van der Waals surface area (Å²) in [6.07, 6.45) is 9.67. The zero-order valence-corrected chi connectivity index (χ0v) is 41.3. The monoisotopic (exact) mass is 998 g/mol. The molecule has 0 aliphatic rings. The molecule has 0 bridgehead atoms. The first-order chi connectivity index (χ1) is 33.7. The molecule has 0 saturated carbocycles. The Morgan fingerprint density at radius 2 is 0.803 bits per heavy atom. The molecule has 0 aliphatic carbocycles. The van der Waals surface area contributed by atoms with E-state index in [2.05, 4.69) is 35.1 Å². The number of anilines is 4. The molecule has 2 heterocycles. The summed E-state index contributed by atoms with van der Waals surface area (Å²) in [4.78, 5) is 51.2. The van der Waals surface area contributed by atoms with Crippen molar-refractivity contribution in [1.29, 1.82) is 0 Å². The Kier molecular flexibility index (Phi) is 19.1. The van der Waals surface area contributed by atoms with Crippen molar-refractivity contribution in [2.45, 2.75) is 70.3 Å². The second-order valence-corrected chi connectivity index (χ2v) is 19.0. The van der Waals surface area contributed by atoms with Crippen molar-refractivity contribution in [2.24, 2.45) is 0 Å². The fourth-order valence-electron chi connectivity index (χ4n) is 6.67. The predicted octanol–water partition coefficient (Wildman–Crippen LogP) is 8.20. The summed E-state index contributed by atoms with van der Waals surface area (Å²) in [6, 6.07) is 37.1. The van der Waals surface area contributed by atoms with Gasteiger partial charge in [0.1, 0.15) is 44.7 Å². The van der Waals surface area contributed by atoms with Crippen LogP contribution in [0.2, 0.25) is 0 Å². The van der Waals surface area contributed by atoms with Crippen molar-refractivity contribution in [1.82, 2.24) is 0 Å². The van der Waals surface area contributed by atoms with Crippen molar-refractivity contribution in [2.75, 3.05) is 21.3 Å². The number of carbonyl (C=O) groups excluding carboxylic acids is 4. The van der Waals surface area contributed by atoms with E-state index in [1.165, 1.54) is 24.3 Å². The van der Waals surface area contributed by atoms with Crippen LogP contribution in [-0.2, 0) is 33.3 Å². The number of aryl methyl sites for hydroxylation is 5. The van der Waals surface area contributed by atoms with Gasteiger partial charge in [-0.3, -0.25) is 19.2 Å². The Morgan fingerprint density at radius 1 is 0.451 bits per heavy atom. The Bertz CT molecular complexity index is 3130. The fraction of sp³-hybridized carbons (Fsp3) is 0.170. The number of hydrogen-bond acceptors (Lipinski definition) is 10. The van der Waals surface area contributed by atoms with Crippen LogP contribution in [0.3, 0.4) is 0 Å². The van der Waals surface area contributed by atoms with Crippen LogP contribution < -0.4 is 30.4 Å². The molecule has 7 rings (SSSR count). The third kappa shape index (κ3) is 16.9. The lowest BCUT2D eigenvalue weighted by Gasteiger charge is -2.11. The number of benzene rings is 5. The van der Waals surface area contributed by atoms with Gasteiger partial charge in [-0.25, -0.2) is 26.0 Å². The molecule has 7 aromatic rings. The van der Waals surface area contributed by atoms with Gasteiger partial charge in [0.15, 0.2) is 24.8 Å². The average Bonchev–Trinajstić information content (AvgIpc) is 3.32. The Balaban J connectivity index is 0.000000347. The molecule has 4 amide bonds. The van der Waals surface area contributed by atoms with Crippen LogP contribution in [-0.4, -0.2) is 49.6 Å². The summed E-state index contributed by atoms with van der Waals surface area (Å²) in [6.45, 7) is 11.3. The second-order valence-electron chi connectivity index (χ2n) is 16.2. The second kappa shape index (κ2) is 25.1. The Morgan fingerprint density at radius 3 is 1.17 bits per heavy atom. The largest absolute Gasteiger partial charge is 0.744 e. The van der Waals surface area contributed by atoms with Gasteiger partial charge in [-0.2, -0.15) is 0 Å². The summed E-state index contributed by atoms with van der Waals surface area (Å²) in [7, 11) is -8.54. The van der Waals surface area contributed by atoms with Crippen molar-refractivity contribution < 1.29 is 54.3 Å². The highest BCUT2D eigenvalue weighted by Crippen LogP contribution is 2.19. The minimum absolute atomic E-state index is 0.178. The van der Waals surface area contributed by atoms with Gasteiger partial charge in [-0.05, 0) is 129 Å². The number of hydrogen-bond donors (Lipinski definition) is 4. The molecule has 0 aliphatic heterocycles. The first-order valence-corrected chi connectivity index (χ1v) is 25.1. The SMILES string of the molecule is CCC[n+]1cccc(NC(=O)c2ccc(NC(=O)c3ccc(C(=O)Nc4ccc(C(=O)Nc5ccc[n+](CCC)c5)cc4)c(C)c3)cc2)c1.Cc1ccc(S(=O)(=O)[O-])cc1.Cc1ccc(S(=O)(=O)[O-])cc1. The summed E-state index contributed by atoms with van der Waals surface area (Å²) in [5.74, 6) is -1.18. The van der Waals surface area contributed by atoms with E-state index in [0.29, 0.717) is 50.6 Å². The molecule has 0 saturated heterocycles. The number of rotatable bonds is 14. The van der Waals surface area contributed by atoms with Gasteiger partial charge >= 0.3 is 0 Å². The van der Waals surface area contributed by atoms with E-state index >= 15 is 0 Å². The molecular formula is C53H54N6O10S2. The lowest BCUT2D eigenvalue weighted by atomic mass is 10.0. The summed E-state index contributed by atoms with van der Waals surface area (Å²) in [5.41, 5.74) is 6.66. The first-order valence-electron chi connectivity index (χ1n) is 22.3. The molecule has 368 valence electrons. The van der Waals surface area contributed by atoms with Crippen LogP contribution in [0, 0.1) is 20.8 Å². The summed E-state index contributed by atoms with van der Waals surface area (Å²) >= 11 is 0. The topological polar surface area (TPSA) is 239 Å². The van der Waals surface area contributed by atoms with Crippen molar-refractivity contribution >= 4 is 66.6 Å². The molecular weight excluding hydrogens is 945 g/mol. The highest BCUT2D eigenvalue weighted by Gasteiger charge is 2.16. The Hall–Kier alpha value is -7.90. The molecule has 0 unspecified atom stereocenters. The summed E-state index contributed by atoms with van der Waals surface area (Å²) in [5, 5.41) is 11.5. The normalized spacial score (nSPS) is 10.9. The van der Waals surface area contributed by atoms with Crippen LogP contribution in [0.25, 0.3) is 0 Å². The third-order valence-corrected chi connectivity index (χ3v) is 12.1. The van der Waals surface area contributed by atoms with Crippen LogP contribution in [0.15, 0.2) is 174 Å². The molecule has 0 spiro atoms. The van der Waals surface area contributed by atoms with Crippen LogP contribution in [0.5, 0.6) is 0 Å².